The second-order valence-corrected chi connectivity index (χ2v) is 7.05. The van der Waals surface area contributed by atoms with Crippen molar-refractivity contribution in [1.82, 2.24) is 10.2 Å². The Labute approximate surface area is 176 Å². The Hall–Kier alpha value is -3.35. The van der Waals surface area contributed by atoms with Crippen LogP contribution in [0.3, 0.4) is 0 Å². The molecule has 1 atom stereocenters. The van der Waals surface area contributed by atoms with Crippen molar-refractivity contribution in [3.05, 3.63) is 65.7 Å². The van der Waals surface area contributed by atoms with Gasteiger partial charge in [-0.2, -0.15) is 0 Å². The molecule has 7 heteroatoms. The first kappa shape index (κ1) is 21.4. The predicted molar refractivity (Wildman–Crippen MR) is 111 cm³/mol. The summed E-state index contributed by atoms with van der Waals surface area (Å²) < 4.78 is 10.7. The van der Waals surface area contributed by atoms with E-state index in [1.165, 1.54) is 7.11 Å². The van der Waals surface area contributed by atoms with E-state index in [4.69, 9.17) is 9.47 Å². The molecule has 2 aromatic carbocycles. The van der Waals surface area contributed by atoms with Gasteiger partial charge in [0.05, 0.1) is 12.7 Å². The molecule has 1 N–H and O–H groups in total. The Morgan fingerprint density at radius 3 is 2.33 bits per heavy atom. The van der Waals surface area contributed by atoms with Crippen LogP contribution in [0.4, 0.5) is 0 Å². The SMILES string of the molecule is COc1ccccc1C(=O)NCC(=O)O[C@H](C(=O)N1CCCCC1)c1ccccc1. The molecule has 1 aliphatic rings. The van der Waals surface area contributed by atoms with Gasteiger partial charge in [0.1, 0.15) is 12.3 Å². The van der Waals surface area contributed by atoms with Gasteiger partial charge in [0.2, 0.25) is 6.10 Å². The molecular weight excluding hydrogens is 384 g/mol. The summed E-state index contributed by atoms with van der Waals surface area (Å²) in [5, 5.41) is 2.53. The number of amides is 2. The molecule has 7 nitrogen and oxygen atoms in total. The van der Waals surface area contributed by atoms with Crippen LogP contribution in [0.1, 0.15) is 41.3 Å². The molecular formula is C23H26N2O5. The summed E-state index contributed by atoms with van der Waals surface area (Å²) in [6, 6.07) is 15.7. The molecule has 1 fully saturated rings. The summed E-state index contributed by atoms with van der Waals surface area (Å²) in [6.45, 7) is 0.960. The van der Waals surface area contributed by atoms with Crippen LogP contribution in [-0.4, -0.2) is 49.4 Å². The van der Waals surface area contributed by atoms with E-state index in [1.807, 2.05) is 6.07 Å². The highest BCUT2D eigenvalue weighted by molar-refractivity contribution is 5.98. The fraction of sp³-hybridized carbons (Fsp3) is 0.348. The Morgan fingerprint density at radius 2 is 1.63 bits per heavy atom. The first-order valence-electron chi connectivity index (χ1n) is 10.0. The van der Waals surface area contributed by atoms with Crippen LogP contribution in [0.25, 0.3) is 0 Å². The maximum atomic E-state index is 13.0. The fourth-order valence-electron chi connectivity index (χ4n) is 3.42. The number of likely N-dealkylation sites (tertiary alicyclic amines) is 1. The maximum Gasteiger partial charge on any atom is 0.326 e. The van der Waals surface area contributed by atoms with E-state index in [-0.39, 0.29) is 12.5 Å². The number of benzene rings is 2. The number of rotatable bonds is 7. The van der Waals surface area contributed by atoms with E-state index in [0.29, 0.717) is 30.0 Å². The number of esters is 1. The third-order valence-electron chi connectivity index (χ3n) is 4.99. The lowest BCUT2D eigenvalue weighted by Crippen LogP contribution is -2.41. The summed E-state index contributed by atoms with van der Waals surface area (Å²) in [5.74, 6) is -0.961. The number of hydrogen-bond acceptors (Lipinski definition) is 5. The summed E-state index contributed by atoms with van der Waals surface area (Å²) in [5.41, 5.74) is 0.925. The minimum absolute atomic E-state index is 0.231. The molecule has 0 spiro atoms. The topological polar surface area (TPSA) is 84.9 Å². The third kappa shape index (κ3) is 5.37. The molecule has 1 aliphatic heterocycles. The lowest BCUT2D eigenvalue weighted by molar-refractivity contribution is -0.160. The zero-order valence-electron chi connectivity index (χ0n) is 17.0. The number of para-hydroxylation sites is 1. The smallest absolute Gasteiger partial charge is 0.326 e. The predicted octanol–water partition coefficient (Wildman–Crippen LogP) is 2.72. The first-order chi connectivity index (χ1) is 14.6. The van der Waals surface area contributed by atoms with Gasteiger partial charge in [0, 0.05) is 18.7 Å². The highest BCUT2D eigenvalue weighted by atomic mass is 16.5. The largest absolute Gasteiger partial charge is 0.496 e. The summed E-state index contributed by atoms with van der Waals surface area (Å²) in [4.78, 5) is 39.6. The highest BCUT2D eigenvalue weighted by Gasteiger charge is 2.30. The van der Waals surface area contributed by atoms with Crippen LogP contribution in [0.15, 0.2) is 54.6 Å². The molecule has 30 heavy (non-hydrogen) atoms. The van der Waals surface area contributed by atoms with Gasteiger partial charge in [-0.25, -0.2) is 0 Å². The number of carbonyl (C=O) groups is 3. The van der Waals surface area contributed by atoms with E-state index in [0.717, 1.165) is 19.3 Å². The van der Waals surface area contributed by atoms with Gasteiger partial charge >= 0.3 is 5.97 Å². The van der Waals surface area contributed by atoms with Crippen molar-refractivity contribution >= 4 is 17.8 Å². The van der Waals surface area contributed by atoms with Crippen molar-refractivity contribution in [1.29, 1.82) is 0 Å². The molecule has 0 aromatic heterocycles. The van der Waals surface area contributed by atoms with Crippen LogP contribution >= 0.6 is 0 Å². The summed E-state index contributed by atoms with van der Waals surface area (Å²) in [7, 11) is 1.47. The second-order valence-electron chi connectivity index (χ2n) is 7.05. The Balaban J connectivity index is 1.66. The average Bonchev–Trinajstić information content (AvgIpc) is 2.81. The number of nitrogens with one attached hydrogen (secondary N) is 1. The lowest BCUT2D eigenvalue weighted by Gasteiger charge is -2.30. The Morgan fingerprint density at radius 1 is 0.967 bits per heavy atom. The van der Waals surface area contributed by atoms with Crippen LogP contribution in [-0.2, 0) is 14.3 Å². The van der Waals surface area contributed by atoms with Crippen molar-refractivity contribution in [2.75, 3.05) is 26.7 Å². The quantitative estimate of drug-likeness (QED) is 0.710. The lowest BCUT2D eigenvalue weighted by atomic mass is 10.1. The number of piperidine rings is 1. The van der Waals surface area contributed by atoms with Crippen molar-refractivity contribution in [3.63, 3.8) is 0 Å². The zero-order chi connectivity index (χ0) is 21.3. The molecule has 1 heterocycles. The molecule has 1 saturated heterocycles. The van der Waals surface area contributed by atoms with Gasteiger partial charge < -0.3 is 19.7 Å². The van der Waals surface area contributed by atoms with E-state index in [9.17, 15) is 14.4 Å². The monoisotopic (exact) mass is 410 g/mol. The first-order valence-corrected chi connectivity index (χ1v) is 10.0. The van der Waals surface area contributed by atoms with Gasteiger partial charge in [-0.15, -0.1) is 0 Å². The molecule has 2 amide bonds. The molecule has 0 saturated carbocycles. The third-order valence-corrected chi connectivity index (χ3v) is 4.99. The Bertz CT molecular complexity index is 878. The molecule has 158 valence electrons. The minimum atomic E-state index is -1.03. The summed E-state index contributed by atoms with van der Waals surface area (Å²) >= 11 is 0. The van der Waals surface area contributed by atoms with E-state index < -0.39 is 18.0 Å². The van der Waals surface area contributed by atoms with E-state index >= 15 is 0 Å². The number of carbonyl (C=O) groups excluding carboxylic acids is 3. The van der Waals surface area contributed by atoms with Crippen molar-refractivity contribution in [2.24, 2.45) is 0 Å². The average molecular weight is 410 g/mol. The Kier molecular flexibility index (Phi) is 7.43. The van der Waals surface area contributed by atoms with Crippen molar-refractivity contribution < 1.29 is 23.9 Å². The highest BCUT2D eigenvalue weighted by Crippen LogP contribution is 2.23. The van der Waals surface area contributed by atoms with Crippen LogP contribution in [0, 0.1) is 0 Å². The maximum absolute atomic E-state index is 13.0. The van der Waals surface area contributed by atoms with E-state index in [1.54, 1.807) is 53.4 Å². The van der Waals surface area contributed by atoms with Crippen LogP contribution in [0.5, 0.6) is 5.75 Å². The second kappa shape index (κ2) is 10.4. The molecule has 0 unspecified atom stereocenters. The molecule has 3 rings (SSSR count). The summed E-state index contributed by atoms with van der Waals surface area (Å²) in [6.07, 6.45) is 1.95. The van der Waals surface area contributed by atoms with Crippen molar-refractivity contribution in [3.8, 4) is 5.75 Å². The van der Waals surface area contributed by atoms with Crippen LogP contribution in [0.2, 0.25) is 0 Å². The number of methoxy groups -OCH3 is 1. The molecule has 0 radical (unpaired) electrons. The van der Waals surface area contributed by atoms with Gasteiger partial charge in [0.15, 0.2) is 0 Å². The zero-order valence-corrected chi connectivity index (χ0v) is 17.0. The van der Waals surface area contributed by atoms with Gasteiger partial charge in [-0.1, -0.05) is 42.5 Å². The van der Waals surface area contributed by atoms with Gasteiger partial charge in [-0.05, 0) is 31.4 Å². The van der Waals surface area contributed by atoms with Gasteiger partial charge in [0.25, 0.3) is 11.8 Å². The van der Waals surface area contributed by atoms with E-state index in [2.05, 4.69) is 5.32 Å². The number of ether oxygens (including phenoxy) is 2. The number of nitrogens with zero attached hydrogens (tertiary/aromatic N) is 1. The van der Waals surface area contributed by atoms with Gasteiger partial charge in [-0.3, -0.25) is 14.4 Å². The molecule has 0 bridgehead atoms. The standard InChI is InChI=1S/C23H26N2O5/c1-29-19-13-7-6-12-18(19)22(27)24-16-20(26)30-21(17-10-4-2-5-11-17)23(28)25-14-8-3-9-15-25/h2,4-7,10-13,21H,3,8-9,14-16H2,1H3,(H,24,27)/t21-/m0/s1. The number of hydrogen-bond donors (Lipinski definition) is 1. The fourth-order valence-corrected chi connectivity index (χ4v) is 3.42. The normalized spacial score (nSPS) is 14.5. The molecule has 2 aromatic rings. The molecule has 0 aliphatic carbocycles. The van der Waals surface area contributed by atoms with Crippen molar-refractivity contribution in [2.45, 2.75) is 25.4 Å². The minimum Gasteiger partial charge on any atom is -0.496 e. The van der Waals surface area contributed by atoms with Crippen LogP contribution < -0.4 is 10.1 Å².